The van der Waals surface area contributed by atoms with E-state index in [0.29, 0.717) is 11.3 Å². The van der Waals surface area contributed by atoms with Crippen LogP contribution in [0, 0.1) is 0 Å². The van der Waals surface area contributed by atoms with E-state index < -0.39 is 11.5 Å². The zero-order valence-corrected chi connectivity index (χ0v) is 11.1. The summed E-state index contributed by atoms with van der Waals surface area (Å²) in [5, 5.41) is 14.9. The molecule has 0 aliphatic heterocycles. The van der Waals surface area contributed by atoms with Crippen molar-refractivity contribution in [3.05, 3.63) is 46.4 Å². The minimum Gasteiger partial charge on any atom is -0.491 e. The van der Waals surface area contributed by atoms with Crippen LogP contribution in [-0.2, 0) is 0 Å². The van der Waals surface area contributed by atoms with Crippen LogP contribution in [0.2, 0.25) is 0 Å². The molecule has 1 heterocycles. The number of ether oxygens (including phenoxy) is 1. The Hall–Kier alpha value is -2.63. The summed E-state index contributed by atoms with van der Waals surface area (Å²) in [6, 6.07) is 6.84. The Morgan fingerprint density at radius 3 is 2.50 bits per heavy atom. The maximum atomic E-state index is 11.5. The number of hydrogen-bond acceptors (Lipinski definition) is 4. The molecule has 6 nitrogen and oxygen atoms in total. The Morgan fingerprint density at radius 2 is 1.95 bits per heavy atom. The Labute approximate surface area is 115 Å². The standard InChI is InChI=1S/C14H14N2O4/c1-8(2)20-10-5-3-9(4-6-10)11-7-15-16-13(17)12(11)14(18)19/h3-8H,1-2H3,(H,16,17)(H,18,19). The molecule has 6 heteroatoms. The fraction of sp³-hybridized carbons (Fsp3) is 0.214. The minimum atomic E-state index is -1.29. The summed E-state index contributed by atoms with van der Waals surface area (Å²) in [5.74, 6) is -0.607. The SMILES string of the molecule is CC(C)Oc1ccc(-c2cn[nH]c(=O)c2C(=O)O)cc1. The summed E-state index contributed by atoms with van der Waals surface area (Å²) < 4.78 is 5.51. The number of rotatable bonds is 4. The molecule has 0 bridgehead atoms. The van der Waals surface area contributed by atoms with Gasteiger partial charge in [0.05, 0.1) is 12.3 Å². The number of benzene rings is 1. The normalized spacial score (nSPS) is 10.6. The molecule has 0 spiro atoms. The molecule has 0 amide bonds. The molecule has 0 atom stereocenters. The molecule has 0 fully saturated rings. The van der Waals surface area contributed by atoms with Crippen LogP contribution in [0.15, 0.2) is 35.3 Å². The Bertz CT molecular complexity index is 674. The minimum absolute atomic E-state index is 0.0525. The first-order valence-electron chi connectivity index (χ1n) is 6.07. The second-order valence-corrected chi connectivity index (χ2v) is 4.48. The van der Waals surface area contributed by atoms with Gasteiger partial charge in [-0.05, 0) is 31.5 Å². The maximum Gasteiger partial charge on any atom is 0.342 e. The van der Waals surface area contributed by atoms with Crippen LogP contribution < -0.4 is 10.3 Å². The van der Waals surface area contributed by atoms with Gasteiger partial charge in [-0.25, -0.2) is 9.89 Å². The Balaban J connectivity index is 2.45. The highest BCUT2D eigenvalue weighted by Crippen LogP contribution is 2.23. The van der Waals surface area contributed by atoms with Crippen LogP contribution in [-0.4, -0.2) is 27.4 Å². The van der Waals surface area contributed by atoms with Crippen LogP contribution in [0.5, 0.6) is 5.75 Å². The number of aromatic carboxylic acids is 1. The molecule has 1 aromatic heterocycles. The highest BCUT2D eigenvalue weighted by atomic mass is 16.5. The van der Waals surface area contributed by atoms with Gasteiger partial charge in [-0.2, -0.15) is 5.10 Å². The Kier molecular flexibility index (Phi) is 3.84. The van der Waals surface area contributed by atoms with Crippen molar-refractivity contribution in [3.63, 3.8) is 0 Å². The molecule has 0 unspecified atom stereocenters. The number of nitrogens with one attached hydrogen (secondary N) is 1. The third-order valence-corrected chi connectivity index (χ3v) is 2.61. The molecule has 2 rings (SSSR count). The van der Waals surface area contributed by atoms with Gasteiger partial charge in [-0.1, -0.05) is 12.1 Å². The van der Waals surface area contributed by atoms with E-state index in [0.717, 1.165) is 0 Å². The first kappa shape index (κ1) is 13.8. The average molecular weight is 274 g/mol. The van der Waals surface area contributed by atoms with Gasteiger partial charge in [-0.3, -0.25) is 4.79 Å². The smallest absolute Gasteiger partial charge is 0.342 e. The summed E-state index contributed by atoms with van der Waals surface area (Å²) in [6.45, 7) is 3.83. The maximum absolute atomic E-state index is 11.5. The summed E-state index contributed by atoms with van der Waals surface area (Å²) in [6.07, 6.45) is 1.38. The van der Waals surface area contributed by atoms with Crippen LogP contribution in [0.1, 0.15) is 24.2 Å². The van der Waals surface area contributed by atoms with Crippen molar-refractivity contribution in [1.29, 1.82) is 0 Å². The lowest BCUT2D eigenvalue weighted by molar-refractivity contribution is 0.0695. The lowest BCUT2D eigenvalue weighted by Crippen LogP contribution is -2.19. The van der Waals surface area contributed by atoms with E-state index in [-0.39, 0.29) is 17.2 Å². The van der Waals surface area contributed by atoms with Gasteiger partial charge >= 0.3 is 5.97 Å². The van der Waals surface area contributed by atoms with Crippen molar-refractivity contribution in [2.45, 2.75) is 20.0 Å². The van der Waals surface area contributed by atoms with E-state index in [1.807, 2.05) is 13.8 Å². The molecule has 0 radical (unpaired) electrons. The summed E-state index contributed by atoms with van der Waals surface area (Å²) in [5.41, 5.74) is -0.176. The third kappa shape index (κ3) is 2.85. The quantitative estimate of drug-likeness (QED) is 0.888. The van der Waals surface area contributed by atoms with Gasteiger partial charge in [-0.15, -0.1) is 0 Å². The largest absolute Gasteiger partial charge is 0.491 e. The van der Waals surface area contributed by atoms with Crippen molar-refractivity contribution in [1.82, 2.24) is 10.2 Å². The lowest BCUT2D eigenvalue weighted by Gasteiger charge is -2.10. The monoisotopic (exact) mass is 274 g/mol. The van der Waals surface area contributed by atoms with Crippen molar-refractivity contribution in [2.75, 3.05) is 0 Å². The molecule has 2 N–H and O–H groups in total. The number of carboxylic acid groups (broad SMARTS) is 1. The number of H-pyrrole nitrogens is 1. The second kappa shape index (κ2) is 5.56. The van der Waals surface area contributed by atoms with E-state index >= 15 is 0 Å². The number of aromatic nitrogens is 2. The zero-order chi connectivity index (χ0) is 14.7. The second-order valence-electron chi connectivity index (χ2n) is 4.48. The average Bonchev–Trinajstić information content (AvgIpc) is 2.38. The molecular weight excluding hydrogens is 260 g/mol. The van der Waals surface area contributed by atoms with Gasteiger partial charge in [0.25, 0.3) is 5.56 Å². The topological polar surface area (TPSA) is 92.3 Å². The molecule has 20 heavy (non-hydrogen) atoms. The van der Waals surface area contributed by atoms with Crippen LogP contribution in [0.3, 0.4) is 0 Å². The summed E-state index contributed by atoms with van der Waals surface area (Å²) in [7, 11) is 0. The van der Waals surface area contributed by atoms with E-state index in [4.69, 9.17) is 9.84 Å². The number of carboxylic acids is 1. The summed E-state index contributed by atoms with van der Waals surface area (Å²) >= 11 is 0. The van der Waals surface area contributed by atoms with Gasteiger partial charge in [0, 0.05) is 5.56 Å². The molecule has 2 aromatic rings. The molecule has 104 valence electrons. The molecule has 0 saturated heterocycles. The van der Waals surface area contributed by atoms with Crippen LogP contribution >= 0.6 is 0 Å². The number of hydrogen-bond donors (Lipinski definition) is 2. The summed E-state index contributed by atoms with van der Waals surface area (Å²) in [4.78, 5) is 22.7. The van der Waals surface area contributed by atoms with Crippen molar-refractivity contribution >= 4 is 5.97 Å². The molecule has 0 aliphatic rings. The number of aromatic amines is 1. The van der Waals surface area contributed by atoms with E-state index in [9.17, 15) is 9.59 Å². The Morgan fingerprint density at radius 1 is 1.30 bits per heavy atom. The first-order valence-corrected chi connectivity index (χ1v) is 6.07. The van der Waals surface area contributed by atoms with Gasteiger partial charge < -0.3 is 9.84 Å². The molecule has 0 saturated carbocycles. The molecular formula is C14H14N2O4. The molecule has 1 aromatic carbocycles. The van der Waals surface area contributed by atoms with Gasteiger partial charge in [0.2, 0.25) is 0 Å². The predicted octanol–water partition coefficient (Wildman–Crippen LogP) is 1.92. The lowest BCUT2D eigenvalue weighted by atomic mass is 10.0. The highest BCUT2D eigenvalue weighted by molar-refractivity contribution is 5.95. The fourth-order valence-corrected chi connectivity index (χ4v) is 1.81. The predicted molar refractivity (Wildman–Crippen MR) is 73.0 cm³/mol. The van der Waals surface area contributed by atoms with E-state index in [1.165, 1.54) is 6.20 Å². The first-order chi connectivity index (χ1) is 9.49. The number of nitrogens with zero attached hydrogens (tertiary/aromatic N) is 1. The zero-order valence-electron chi connectivity index (χ0n) is 11.1. The van der Waals surface area contributed by atoms with Crippen LogP contribution in [0.25, 0.3) is 11.1 Å². The van der Waals surface area contributed by atoms with E-state index in [2.05, 4.69) is 10.2 Å². The highest BCUT2D eigenvalue weighted by Gasteiger charge is 2.16. The van der Waals surface area contributed by atoms with Crippen molar-refractivity contribution in [3.8, 4) is 16.9 Å². The van der Waals surface area contributed by atoms with E-state index in [1.54, 1.807) is 24.3 Å². The van der Waals surface area contributed by atoms with Gasteiger partial charge in [0.1, 0.15) is 11.3 Å². The van der Waals surface area contributed by atoms with Crippen molar-refractivity contribution in [2.24, 2.45) is 0 Å². The molecule has 0 aliphatic carbocycles. The third-order valence-electron chi connectivity index (χ3n) is 2.61. The van der Waals surface area contributed by atoms with Crippen LogP contribution in [0.4, 0.5) is 0 Å². The number of carbonyl (C=O) groups is 1. The van der Waals surface area contributed by atoms with Crippen molar-refractivity contribution < 1.29 is 14.6 Å². The fourth-order valence-electron chi connectivity index (χ4n) is 1.81. The van der Waals surface area contributed by atoms with Gasteiger partial charge in [0.15, 0.2) is 0 Å².